The third-order valence-electron chi connectivity index (χ3n) is 4.87. The number of carbonyl (C=O) groups is 1. The molecule has 2 fully saturated rings. The first kappa shape index (κ1) is 13.6. The number of hydrogen-bond donors (Lipinski definition) is 1. The van der Waals surface area contributed by atoms with Crippen molar-refractivity contribution in [3.05, 3.63) is 20.3 Å². The number of aryl methyl sites for hydroxylation is 1. The van der Waals surface area contributed by atoms with E-state index in [0.717, 1.165) is 26.1 Å². The molecule has 4 unspecified atom stereocenters. The summed E-state index contributed by atoms with van der Waals surface area (Å²) in [5.41, 5.74) is 1.14. The van der Waals surface area contributed by atoms with Gasteiger partial charge in [0.2, 0.25) is 0 Å². The first-order valence-corrected chi connectivity index (χ1v) is 8.72. The van der Waals surface area contributed by atoms with Gasteiger partial charge in [-0.25, -0.2) is 0 Å². The van der Waals surface area contributed by atoms with E-state index in [1.165, 1.54) is 37.0 Å². The molecule has 0 spiro atoms. The molecule has 2 bridgehead atoms. The highest BCUT2D eigenvalue weighted by Gasteiger charge is 2.42. The molecule has 1 aromatic heterocycles. The molecule has 4 atom stereocenters. The van der Waals surface area contributed by atoms with Gasteiger partial charge in [0.15, 0.2) is 0 Å². The molecule has 3 rings (SSSR count). The van der Waals surface area contributed by atoms with Crippen molar-refractivity contribution < 1.29 is 4.79 Å². The Bertz CT molecular complexity index is 479. The number of amides is 1. The monoisotopic (exact) mass is 341 g/mol. The lowest BCUT2D eigenvalue weighted by molar-refractivity contribution is 0.0919. The lowest BCUT2D eigenvalue weighted by Gasteiger charge is -2.28. The minimum Gasteiger partial charge on any atom is -0.349 e. The fourth-order valence-electron chi connectivity index (χ4n) is 3.86. The van der Waals surface area contributed by atoms with Crippen LogP contribution in [0.2, 0.25) is 0 Å². The standard InChI is InChI=1S/C15H20BrNOS/c1-8-5-13(19-14(8)16)15(18)17-9(2)12-7-10-3-4-11(12)6-10/h5,9-12H,3-4,6-7H2,1-2H3,(H,17,18). The van der Waals surface area contributed by atoms with Gasteiger partial charge in [-0.15, -0.1) is 11.3 Å². The van der Waals surface area contributed by atoms with E-state index in [1.807, 2.05) is 13.0 Å². The first-order chi connectivity index (χ1) is 9.04. The minimum atomic E-state index is 0.0917. The van der Waals surface area contributed by atoms with Crippen molar-refractivity contribution in [2.75, 3.05) is 0 Å². The average molecular weight is 342 g/mol. The van der Waals surface area contributed by atoms with Gasteiger partial charge in [-0.05, 0) is 78.4 Å². The van der Waals surface area contributed by atoms with Crippen LogP contribution in [0.3, 0.4) is 0 Å². The smallest absolute Gasteiger partial charge is 0.261 e. The summed E-state index contributed by atoms with van der Waals surface area (Å²) in [6, 6.07) is 2.28. The van der Waals surface area contributed by atoms with E-state index in [1.54, 1.807) is 0 Å². The van der Waals surface area contributed by atoms with Crippen molar-refractivity contribution in [2.24, 2.45) is 17.8 Å². The van der Waals surface area contributed by atoms with Gasteiger partial charge in [0.05, 0.1) is 8.66 Å². The number of carbonyl (C=O) groups excluding carboxylic acids is 1. The van der Waals surface area contributed by atoms with Crippen LogP contribution in [0, 0.1) is 24.7 Å². The second-order valence-electron chi connectivity index (χ2n) is 6.17. The molecule has 1 aromatic rings. The van der Waals surface area contributed by atoms with Gasteiger partial charge in [0, 0.05) is 6.04 Å². The number of halogens is 1. The second kappa shape index (κ2) is 5.21. The maximum absolute atomic E-state index is 12.3. The molecule has 2 nitrogen and oxygen atoms in total. The Morgan fingerprint density at radius 2 is 2.26 bits per heavy atom. The van der Waals surface area contributed by atoms with Crippen molar-refractivity contribution in [2.45, 2.75) is 45.6 Å². The van der Waals surface area contributed by atoms with Gasteiger partial charge in [-0.2, -0.15) is 0 Å². The molecular formula is C15H20BrNOS. The Morgan fingerprint density at radius 1 is 1.47 bits per heavy atom. The molecule has 2 saturated carbocycles. The highest BCUT2D eigenvalue weighted by atomic mass is 79.9. The molecule has 104 valence electrons. The topological polar surface area (TPSA) is 29.1 Å². The molecule has 1 N–H and O–H groups in total. The number of fused-ring (bicyclic) bond motifs is 2. The van der Waals surface area contributed by atoms with Gasteiger partial charge in [0.1, 0.15) is 0 Å². The summed E-state index contributed by atoms with van der Waals surface area (Å²) in [6.07, 6.45) is 5.51. The van der Waals surface area contributed by atoms with E-state index in [2.05, 4.69) is 28.2 Å². The van der Waals surface area contributed by atoms with E-state index in [9.17, 15) is 4.79 Å². The SMILES string of the molecule is Cc1cc(C(=O)NC(C)C2CC3CCC2C3)sc1Br. The highest BCUT2D eigenvalue weighted by molar-refractivity contribution is 9.11. The Hall–Kier alpha value is -0.350. The van der Waals surface area contributed by atoms with Crippen molar-refractivity contribution in [1.82, 2.24) is 5.32 Å². The first-order valence-electron chi connectivity index (χ1n) is 7.11. The van der Waals surface area contributed by atoms with Gasteiger partial charge < -0.3 is 5.32 Å². The van der Waals surface area contributed by atoms with Crippen LogP contribution in [0.4, 0.5) is 0 Å². The van der Waals surface area contributed by atoms with Crippen molar-refractivity contribution in [3.8, 4) is 0 Å². The molecule has 2 aliphatic rings. The van der Waals surface area contributed by atoms with E-state index in [4.69, 9.17) is 0 Å². The average Bonchev–Trinajstić information content (AvgIpc) is 3.06. The van der Waals surface area contributed by atoms with Crippen LogP contribution >= 0.6 is 27.3 Å². The molecule has 4 heteroatoms. The van der Waals surface area contributed by atoms with Gasteiger partial charge in [-0.3, -0.25) is 4.79 Å². The second-order valence-corrected chi connectivity index (χ2v) is 8.54. The minimum absolute atomic E-state index is 0.0917. The molecular weight excluding hydrogens is 322 g/mol. The van der Waals surface area contributed by atoms with Crippen LogP contribution in [0.1, 0.15) is 47.8 Å². The zero-order valence-electron chi connectivity index (χ0n) is 11.4. The lowest BCUT2D eigenvalue weighted by atomic mass is 9.84. The summed E-state index contributed by atoms with van der Waals surface area (Å²) in [7, 11) is 0. The normalized spacial score (nSPS) is 30.6. The maximum atomic E-state index is 12.3. The molecule has 0 saturated heterocycles. The number of rotatable bonds is 3. The van der Waals surface area contributed by atoms with Crippen LogP contribution in [-0.4, -0.2) is 11.9 Å². The summed E-state index contributed by atoms with van der Waals surface area (Å²) < 4.78 is 1.06. The fraction of sp³-hybridized carbons (Fsp3) is 0.667. The van der Waals surface area contributed by atoms with E-state index >= 15 is 0 Å². The quantitative estimate of drug-likeness (QED) is 0.868. The predicted octanol–water partition coefficient (Wildman–Crippen LogP) is 4.37. The van der Waals surface area contributed by atoms with Crippen LogP contribution in [-0.2, 0) is 0 Å². The maximum Gasteiger partial charge on any atom is 0.261 e. The Labute approximate surface area is 127 Å². The third kappa shape index (κ3) is 2.62. The Morgan fingerprint density at radius 3 is 2.79 bits per heavy atom. The van der Waals surface area contributed by atoms with Gasteiger partial charge in [-0.1, -0.05) is 6.42 Å². The van der Waals surface area contributed by atoms with Crippen LogP contribution in [0.5, 0.6) is 0 Å². The Kier molecular flexibility index (Phi) is 3.73. The summed E-state index contributed by atoms with van der Waals surface area (Å²) in [5.74, 6) is 2.59. The molecule has 1 heterocycles. The third-order valence-corrected chi connectivity index (χ3v) is 7.01. The molecule has 0 aliphatic heterocycles. The molecule has 2 aliphatic carbocycles. The van der Waals surface area contributed by atoms with Gasteiger partial charge >= 0.3 is 0 Å². The largest absolute Gasteiger partial charge is 0.349 e. The highest BCUT2D eigenvalue weighted by Crippen LogP contribution is 2.49. The van der Waals surface area contributed by atoms with Crippen molar-refractivity contribution >= 4 is 33.2 Å². The summed E-state index contributed by atoms with van der Waals surface area (Å²) >= 11 is 5.01. The zero-order valence-corrected chi connectivity index (χ0v) is 13.8. The molecule has 19 heavy (non-hydrogen) atoms. The molecule has 0 radical (unpaired) electrons. The van der Waals surface area contributed by atoms with Gasteiger partial charge in [0.25, 0.3) is 5.91 Å². The van der Waals surface area contributed by atoms with Crippen LogP contribution < -0.4 is 5.32 Å². The van der Waals surface area contributed by atoms with Crippen molar-refractivity contribution in [3.63, 3.8) is 0 Å². The zero-order chi connectivity index (χ0) is 13.6. The van der Waals surface area contributed by atoms with Crippen molar-refractivity contribution in [1.29, 1.82) is 0 Å². The summed E-state index contributed by atoms with van der Waals surface area (Å²) in [5, 5.41) is 3.21. The van der Waals surface area contributed by atoms with Crippen LogP contribution in [0.15, 0.2) is 9.85 Å². The lowest BCUT2D eigenvalue weighted by Crippen LogP contribution is -2.39. The van der Waals surface area contributed by atoms with Crippen LogP contribution in [0.25, 0.3) is 0 Å². The Balaban J connectivity index is 1.63. The number of nitrogens with one attached hydrogen (secondary N) is 1. The fourth-order valence-corrected chi connectivity index (χ4v) is 5.30. The molecule has 0 aromatic carbocycles. The number of thiophene rings is 1. The van der Waals surface area contributed by atoms with E-state index in [-0.39, 0.29) is 5.91 Å². The number of hydrogen-bond acceptors (Lipinski definition) is 2. The predicted molar refractivity (Wildman–Crippen MR) is 82.6 cm³/mol. The van der Waals surface area contributed by atoms with E-state index < -0.39 is 0 Å². The molecule has 1 amide bonds. The van der Waals surface area contributed by atoms with E-state index in [0.29, 0.717) is 12.0 Å². The summed E-state index contributed by atoms with van der Waals surface area (Å²) in [4.78, 5) is 13.1. The summed E-state index contributed by atoms with van der Waals surface area (Å²) in [6.45, 7) is 4.20.